The number of hydrogen-bond donors (Lipinski definition) is 0. The van der Waals surface area contributed by atoms with Gasteiger partial charge in [0, 0.05) is 17.3 Å². The van der Waals surface area contributed by atoms with Gasteiger partial charge in [0.15, 0.2) is 11.6 Å². The molecule has 144 valence electrons. The van der Waals surface area contributed by atoms with E-state index in [0.29, 0.717) is 30.4 Å². The molecule has 1 amide bonds. The number of thiazole rings is 1. The molecule has 1 saturated heterocycles. The van der Waals surface area contributed by atoms with Gasteiger partial charge >= 0.3 is 0 Å². The highest BCUT2D eigenvalue weighted by Gasteiger charge is 2.48. The van der Waals surface area contributed by atoms with Crippen LogP contribution in [-0.4, -0.2) is 42.6 Å². The molecule has 2 aromatic rings. The molecule has 0 spiro atoms. The summed E-state index contributed by atoms with van der Waals surface area (Å²) in [6.45, 7) is 3.40. The number of carbonyl (C=O) groups excluding carboxylic acids is 1. The molecule has 4 rings (SSSR count). The summed E-state index contributed by atoms with van der Waals surface area (Å²) in [6, 6.07) is 2.40. The molecule has 1 aliphatic carbocycles. The Kier molecular flexibility index (Phi) is 4.63. The second kappa shape index (κ2) is 6.83. The van der Waals surface area contributed by atoms with Gasteiger partial charge in [0.2, 0.25) is 5.91 Å². The van der Waals surface area contributed by atoms with Crippen molar-refractivity contribution in [1.82, 2.24) is 9.88 Å². The second-order valence-corrected chi connectivity index (χ2v) is 8.07. The first-order chi connectivity index (χ1) is 12.9. The highest BCUT2D eigenvalue weighted by atomic mass is 32.1. The van der Waals surface area contributed by atoms with Crippen LogP contribution in [0.2, 0.25) is 0 Å². The third-order valence-electron chi connectivity index (χ3n) is 5.20. The van der Waals surface area contributed by atoms with Crippen LogP contribution >= 0.6 is 11.3 Å². The molecule has 8 heteroatoms. The summed E-state index contributed by atoms with van der Waals surface area (Å²) in [5.41, 5.74) is 0.0628. The van der Waals surface area contributed by atoms with Crippen LogP contribution in [-0.2, 0) is 9.53 Å². The Labute approximate surface area is 159 Å². The minimum Gasteiger partial charge on any atom is -0.496 e. The van der Waals surface area contributed by atoms with Crippen molar-refractivity contribution < 1.29 is 23.0 Å². The Bertz CT molecular complexity index is 882. The number of hydrogen-bond acceptors (Lipinski definition) is 5. The summed E-state index contributed by atoms with van der Waals surface area (Å²) in [7, 11) is 1.40. The first kappa shape index (κ1) is 18.3. The van der Waals surface area contributed by atoms with E-state index in [0.717, 1.165) is 18.9 Å². The van der Waals surface area contributed by atoms with Crippen LogP contribution in [0.3, 0.4) is 0 Å². The maximum atomic E-state index is 14.3. The number of aromatic nitrogens is 1. The van der Waals surface area contributed by atoms with Crippen molar-refractivity contribution in [2.75, 3.05) is 26.8 Å². The fourth-order valence-corrected chi connectivity index (χ4v) is 4.11. The van der Waals surface area contributed by atoms with Gasteiger partial charge in [-0.2, -0.15) is 0 Å². The minimum atomic E-state index is -0.991. The van der Waals surface area contributed by atoms with Crippen LogP contribution in [0.5, 0.6) is 5.75 Å². The zero-order valence-electron chi connectivity index (χ0n) is 15.1. The molecule has 1 unspecified atom stereocenters. The van der Waals surface area contributed by atoms with Crippen molar-refractivity contribution in [3.8, 4) is 17.0 Å². The van der Waals surface area contributed by atoms with Gasteiger partial charge in [-0.1, -0.05) is 6.92 Å². The molecular weight excluding hydrogens is 374 g/mol. The highest BCUT2D eigenvalue weighted by Crippen LogP contribution is 2.47. The van der Waals surface area contributed by atoms with Crippen molar-refractivity contribution in [2.45, 2.75) is 25.9 Å². The molecule has 1 aromatic carbocycles. The van der Waals surface area contributed by atoms with Crippen molar-refractivity contribution in [3.05, 3.63) is 34.2 Å². The second-order valence-electron chi connectivity index (χ2n) is 7.18. The average molecular weight is 394 g/mol. The van der Waals surface area contributed by atoms with E-state index in [1.54, 1.807) is 5.38 Å². The van der Waals surface area contributed by atoms with E-state index in [2.05, 4.69) is 4.98 Å². The lowest BCUT2D eigenvalue weighted by Gasteiger charge is -2.33. The number of carbonyl (C=O) groups is 1. The fraction of sp³-hybridized carbons (Fsp3) is 0.474. The van der Waals surface area contributed by atoms with Gasteiger partial charge in [-0.3, -0.25) is 4.79 Å². The number of methoxy groups -OCH3 is 1. The summed E-state index contributed by atoms with van der Waals surface area (Å²) in [6.07, 6.45) is 1.48. The topological polar surface area (TPSA) is 51.7 Å². The molecular formula is C19H20F2N2O3S. The van der Waals surface area contributed by atoms with Gasteiger partial charge in [0.1, 0.15) is 16.9 Å². The van der Waals surface area contributed by atoms with Gasteiger partial charge in [-0.05, 0) is 25.0 Å². The van der Waals surface area contributed by atoms with E-state index >= 15 is 0 Å². The number of rotatable bonds is 4. The molecule has 1 atom stereocenters. The summed E-state index contributed by atoms with van der Waals surface area (Å²) >= 11 is 1.30. The van der Waals surface area contributed by atoms with E-state index in [-0.39, 0.29) is 28.7 Å². The number of nitrogens with zero attached hydrogens (tertiary/aromatic N) is 2. The van der Waals surface area contributed by atoms with Crippen LogP contribution in [0, 0.1) is 17.0 Å². The number of amides is 1. The first-order valence-electron chi connectivity index (χ1n) is 8.82. The summed E-state index contributed by atoms with van der Waals surface area (Å²) in [4.78, 5) is 18.9. The first-order valence-corrected chi connectivity index (χ1v) is 9.69. The zero-order valence-corrected chi connectivity index (χ0v) is 15.9. The molecule has 27 heavy (non-hydrogen) atoms. The summed E-state index contributed by atoms with van der Waals surface area (Å²) < 4.78 is 38.9. The van der Waals surface area contributed by atoms with Crippen molar-refractivity contribution >= 4 is 17.2 Å². The minimum absolute atomic E-state index is 0.00534. The highest BCUT2D eigenvalue weighted by molar-refractivity contribution is 7.10. The zero-order chi connectivity index (χ0) is 19.2. The number of ether oxygens (including phenoxy) is 2. The normalized spacial score (nSPS) is 21.2. The number of halogens is 2. The van der Waals surface area contributed by atoms with Crippen molar-refractivity contribution in [2.24, 2.45) is 5.41 Å². The summed E-state index contributed by atoms with van der Waals surface area (Å²) in [5, 5.41) is 2.29. The predicted molar refractivity (Wildman–Crippen MR) is 96.6 cm³/mol. The Balaban J connectivity index is 1.58. The Hall–Kier alpha value is -2.06. The fourth-order valence-electron chi connectivity index (χ4n) is 3.26. The molecule has 0 N–H and O–H groups in total. The van der Waals surface area contributed by atoms with E-state index in [1.807, 2.05) is 11.8 Å². The van der Waals surface area contributed by atoms with Crippen LogP contribution < -0.4 is 4.74 Å². The van der Waals surface area contributed by atoms with Crippen LogP contribution in [0.25, 0.3) is 11.3 Å². The Morgan fingerprint density at radius 3 is 2.89 bits per heavy atom. The molecule has 2 fully saturated rings. The lowest BCUT2D eigenvalue weighted by Crippen LogP contribution is -2.45. The quantitative estimate of drug-likeness (QED) is 0.792. The lowest BCUT2D eigenvalue weighted by atomic mass is 10.1. The molecule has 1 aliphatic heterocycles. The number of benzene rings is 1. The lowest BCUT2D eigenvalue weighted by molar-refractivity contribution is -0.144. The van der Waals surface area contributed by atoms with Gasteiger partial charge in [-0.15, -0.1) is 11.3 Å². The average Bonchev–Trinajstić information content (AvgIpc) is 3.25. The Morgan fingerprint density at radius 2 is 2.19 bits per heavy atom. The van der Waals surface area contributed by atoms with Crippen molar-refractivity contribution in [1.29, 1.82) is 0 Å². The van der Waals surface area contributed by atoms with Crippen LogP contribution in [0.1, 0.15) is 30.9 Å². The third-order valence-corrected chi connectivity index (χ3v) is 6.14. The molecule has 2 heterocycles. The third kappa shape index (κ3) is 3.32. The van der Waals surface area contributed by atoms with E-state index < -0.39 is 11.6 Å². The molecule has 2 aliphatic rings. The smallest absolute Gasteiger partial charge is 0.228 e. The maximum Gasteiger partial charge on any atom is 0.228 e. The van der Waals surface area contributed by atoms with Gasteiger partial charge in [-0.25, -0.2) is 13.8 Å². The summed E-state index contributed by atoms with van der Waals surface area (Å²) in [5.74, 6) is -1.57. The van der Waals surface area contributed by atoms with Crippen LogP contribution in [0.15, 0.2) is 17.5 Å². The SMILES string of the molecule is COc1ccc(F)c(F)c1-c1csc(C2CN(C(=O)C3(C)CC3)CCO2)n1. The molecule has 0 radical (unpaired) electrons. The molecule has 1 aromatic heterocycles. The molecule has 0 bridgehead atoms. The van der Waals surface area contributed by atoms with Gasteiger partial charge < -0.3 is 14.4 Å². The van der Waals surface area contributed by atoms with E-state index in [9.17, 15) is 13.6 Å². The standard InChI is InChI=1S/C19H20F2N2O3S/c1-19(5-6-19)18(24)23-7-8-26-14(9-23)17-22-12(10-27-17)15-13(25-2)4-3-11(20)16(15)21/h3-4,10,14H,5-9H2,1-2H3. The van der Waals surface area contributed by atoms with Gasteiger partial charge in [0.25, 0.3) is 0 Å². The predicted octanol–water partition coefficient (Wildman–Crippen LogP) is 3.80. The molecule has 5 nitrogen and oxygen atoms in total. The van der Waals surface area contributed by atoms with Crippen LogP contribution in [0.4, 0.5) is 8.78 Å². The molecule has 1 saturated carbocycles. The monoisotopic (exact) mass is 394 g/mol. The van der Waals surface area contributed by atoms with E-state index in [4.69, 9.17) is 9.47 Å². The number of morpholine rings is 1. The maximum absolute atomic E-state index is 14.3. The van der Waals surface area contributed by atoms with E-state index in [1.165, 1.54) is 24.5 Å². The Morgan fingerprint density at radius 1 is 1.41 bits per heavy atom. The largest absolute Gasteiger partial charge is 0.496 e. The van der Waals surface area contributed by atoms with Gasteiger partial charge in [0.05, 0.1) is 31.5 Å². The van der Waals surface area contributed by atoms with Crippen molar-refractivity contribution in [3.63, 3.8) is 0 Å².